The molecule has 0 unspecified atom stereocenters. The average molecular weight is 213 g/mol. The summed E-state index contributed by atoms with van der Waals surface area (Å²) in [7, 11) is -1.35. The Morgan fingerprint density at radius 3 is 2.50 bits per heavy atom. The second-order valence-corrected chi connectivity index (χ2v) is 8.86. The van der Waals surface area contributed by atoms with Crippen LogP contribution >= 0.6 is 0 Å². The second-order valence-electron chi connectivity index (χ2n) is 4.11. The Hall–Kier alpha value is -0.793. The quantitative estimate of drug-likeness (QED) is 0.434. The molecule has 0 bridgehead atoms. The molecule has 80 valence electrons. The van der Waals surface area contributed by atoms with Gasteiger partial charge in [-0.15, -0.1) is 11.5 Å². The molecule has 0 saturated carbocycles. The van der Waals surface area contributed by atoms with Gasteiger partial charge in [-0.3, -0.25) is 4.79 Å². The molecule has 3 nitrogen and oxygen atoms in total. The van der Waals surface area contributed by atoms with E-state index in [1.54, 1.807) is 6.92 Å². The zero-order valence-electron chi connectivity index (χ0n) is 9.39. The lowest BCUT2D eigenvalue weighted by Gasteiger charge is -2.07. The van der Waals surface area contributed by atoms with Crippen LogP contribution in [0.5, 0.6) is 0 Å². The molecule has 14 heavy (non-hydrogen) atoms. The number of ether oxygens (including phenoxy) is 1. The van der Waals surface area contributed by atoms with E-state index >= 15 is 0 Å². The van der Waals surface area contributed by atoms with Crippen LogP contribution in [0.25, 0.3) is 0 Å². The largest absolute Gasteiger partial charge is 0.465 e. The molecule has 1 atom stereocenters. The molecule has 0 aromatic carbocycles. The predicted octanol–water partition coefficient (Wildman–Crippen LogP) is 1.15. The molecule has 0 aliphatic heterocycles. The van der Waals surface area contributed by atoms with Gasteiger partial charge in [0.2, 0.25) is 0 Å². The number of carbonyl (C=O) groups excluding carboxylic acids is 1. The Morgan fingerprint density at radius 1 is 1.50 bits per heavy atom. The van der Waals surface area contributed by atoms with E-state index in [1.165, 1.54) is 0 Å². The van der Waals surface area contributed by atoms with Gasteiger partial charge in [0.15, 0.2) is 0 Å². The van der Waals surface area contributed by atoms with E-state index in [1.807, 2.05) is 0 Å². The highest BCUT2D eigenvalue weighted by Crippen LogP contribution is 1.97. The maximum Gasteiger partial charge on any atom is 0.323 e. The van der Waals surface area contributed by atoms with Crippen LogP contribution in [0.15, 0.2) is 0 Å². The molecule has 0 aromatic heterocycles. The normalized spacial score (nSPS) is 12.6. The molecule has 0 amide bonds. The number of hydrogen-bond acceptors (Lipinski definition) is 3. The van der Waals surface area contributed by atoms with E-state index in [4.69, 9.17) is 10.5 Å². The van der Waals surface area contributed by atoms with Crippen molar-refractivity contribution in [3.63, 3.8) is 0 Å². The van der Waals surface area contributed by atoms with E-state index in [0.29, 0.717) is 13.0 Å². The first-order valence-electron chi connectivity index (χ1n) is 4.79. The Bertz CT molecular complexity index is 247. The minimum absolute atomic E-state index is 0.364. The summed E-state index contributed by atoms with van der Waals surface area (Å²) in [6.07, 6.45) is 0.392. The fourth-order valence-electron chi connectivity index (χ4n) is 0.759. The van der Waals surface area contributed by atoms with E-state index < -0.39 is 14.1 Å². The molecule has 0 rings (SSSR count). The highest BCUT2D eigenvalue weighted by molar-refractivity contribution is 6.83. The molecule has 0 saturated heterocycles. The lowest BCUT2D eigenvalue weighted by Crippen LogP contribution is -2.32. The van der Waals surface area contributed by atoms with Crippen molar-refractivity contribution in [3.05, 3.63) is 0 Å². The molecule has 0 heterocycles. The van der Waals surface area contributed by atoms with Crippen LogP contribution in [0.2, 0.25) is 19.6 Å². The highest BCUT2D eigenvalue weighted by atomic mass is 28.3. The number of hydrogen-bond donors (Lipinski definition) is 1. The topological polar surface area (TPSA) is 52.3 Å². The van der Waals surface area contributed by atoms with Gasteiger partial charge in [0.25, 0.3) is 0 Å². The van der Waals surface area contributed by atoms with Crippen molar-refractivity contribution >= 4 is 14.0 Å². The number of nitrogens with two attached hydrogens (primary N) is 1. The summed E-state index contributed by atoms with van der Waals surface area (Å²) in [5.41, 5.74) is 8.72. The molecular weight excluding hydrogens is 194 g/mol. The minimum atomic E-state index is -1.35. The van der Waals surface area contributed by atoms with Crippen LogP contribution < -0.4 is 5.73 Å². The summed E-state index contributed by atoms with van der Waals surface area (Å²) >= 11 is 0. The first-order chi connectivity index (χ1) is 6.37. The van der Waals surface area contributed by atoms with Crippen LogP contribution in [0, 0.1) is 11.5 Å². The van der Waals surface area contributed by atoms with Crippen molar-refractivity contribution in [1.29, 1.82) is 0 Å². The first-order valence-corrected chi connectivity index (χ1v) is 8.29. The van der Waals surface area contributed by atoms with Gasteiger partial charge >= 0.3 is 5.97 Å². The highest BCUT2D eigenvalue weighted by Gasteiger charge is 2.13. The van der Waals surface area contributed by atoms with E-state index in [2.05, 4.69) is 31.1 Å². The Kier molecular flexibility index (Phi) is 5.51. The van der Waals surface area contributed by atoms with Gasteiger partial charge < -0.3 is 10.5 Å². The smallest absolute Gasteiger partial charge is 0.323 e. The lowest BCUT2D eigenvalue weighted by molar-refractivity contribution is -0.144. The standard InChI is InChI=1S/C10H19NO2Si/c1-5-13-10(12)9(11)7-6-8-14(2,3)4/h9H,5,7,11H2,1-4H3/t9-/m1/s1. The number of carbonyl (C=O) groups is 1. The zero-order chi connectivity index (χ0) is 11.2. The molecule has 0 fully saturated rings. The Balaban J connectivity index is 4.00. The van der Waals surface area contributed by atoms with Gasteiger partial charge in [0, 0.05) is 6.42 Å². The van der Waals surface area contributed by atoms with Gasteiger partial charge in [0.05, 0.1) is 6.61 Å². The predicted molar refractivity (Wildman–Crippen MR) is 60.3 cm³/mol. The summed E-state index contributed by atoms with van der Waals surface area (Å²) in [5.74, 6) is 2.59. The third-order valence-corrected chi connectivity index (χ3v) is 2.30. The van der Waals surface area contributed by atoms with E-state index in [9.17, 15) is 4.79 Å². The molecular formula is C10H19NO2Si. The molecule has 0 aliphatic carbocycles. The summed E-state index contributed by atoms with van der Waals surface area (Å²) in [6, 6.07) is -0.598. The maximum absolute atomic E-state index is 11.1. The molecule has 0 aliphatic rings. The van der Waals surface area contributed by atoms with Crippen LogP contribution in [0.1, 0.15) is 13.3 Å². The average Bonchev–Trinajstić information content (AvgIpc) is 2.02. The SMILES string of the molecule is CCOC(=O)[C@H](N)CC#C[Si](C)(C)C. The van der Waals surface area contributed by atoms with Crippen LogP contribution in [-0.4, -0.2) is 26.7 Å². The minimum Gasteiger partial charge on any atom is -0.465 e. The summed E-state index contributed by atoms with van der Waals surface area (Å²) in [5, 5.41) is 0. The van der Waals surface area contributed by atoms with Crippen molar-refractivity contribution in [2.45, 2.75) is 39.0 Å². The summed E-state index contributed by atoms with van der Waals surface area (Å²) in [6.45, 7) is 8.58. The van der Waals surface area contributed by atoms with Gasteiger partial charge in [-0.2, -0.15) is 0 Å². The van der Waals surface area contributed by atoms with Gasteiger partial charge in [-0.1, -0.05) is 19.6 Å². The molecule has 0 radical (unpaired) electrons. The van der Waals surface area contributed by atoms with Gasteiger partial charge in [-0.25, -0.2) is 0 Å². The fraction of sp³-hybridized carbons (Fsp3) is 0.700. The van der Waals surface area contributed by atoms with Gasteiger partial charge in [0.1, 0.15) is 14.1 Å². The fourth-order valence-corrected chi connectivity index (χ4v) is 1.39. The summed E-state index contributed by atoms with van der Waals surface area (Å²) in [4.78, 5) is 11.1. The third-order valence-electron chi connectivity index (χ3n) is 1.37. The Morgan fingerprint density at radius 2 is 2.07 bits per heavy atom. The van der Waals surface area contributed by atoms with Crippen LogP contribution in [0.3, 0.4) is 0 Å². The zero-order valence-corrected chi connectivity index (χ0v) is 10.4. The maximum atomic E-state index is 11.1. The van der Waals surface area contributed by atoms with Crippen LogP contribution in [-0.2, 0) is 9.53 Å². The first kappa shape index (κ1) is 13.2. The third kappa shape index (κ3) is 6.69. The van der Waals surface area contributed by atoms with Crippen molar-refractivity contribution in [2.75, 3.05) is 6.61 Å². The summed E-state index contributed by atoms with van der Waals surface area (Å²) < 4.78 is 4.77. The van der Waals surface area contributed by atoms with Crippen molar-refractivity contribution in [3.8, 4) is 11.5 Å². The molecule has 0 aromatic rings. The monoisotopic (exact) mass is 213 g/mol. The molecule has 4 heteroatoms. The van der Waals surface area contributed by atoms with Gasteiger partial charge in [-0.05, 0) is 6.92 Å². The van der Waals surface area contributed by atoms with Crippen molar-refractivity contribution in [1.82, 2.24) is 0 Å². The van der Waals surface area contributed by atoms with Crippen molar-refractivity contribution in [2.24, 2.45) is 5.73 Å². The van der Waals surface area contributed by atoms with E-state index in [-0.39, 0.29) is 5.97 Å². The number of rotatable bonds is 3. The molecule has 0 spiro atoms. The van der Waals surface area contributed by atoms with Crippen molar-refractivity contribution < 1.29 is 9.53 Å². The lowest BCUT2D eigenvalue weighted by atomic mass is 10.2. The van der Waals surface area contributed by atoms with Crippen LogP contribution in [0.4, 0.5) is 0 Å². The molecule has 2 N–H and O–H groups in total. The van der Waals surface area contributed by atoms with E-state index in [0.717, 1.165) is 0 Å². The second kappa shape index (κ2) is 5.84. The number of esters is 1. The Labute approximate surface area is 87.0 Å².